The molecular weight excluding hydrogens is 620 g/mol. The normalized spacial score (nSPS) is 17.5. The Kier molecular flexibility index (Phi) is 9.76. The highest BCUT2D eigenvalue weighted by Gasteiger charge is 2.36. The topological polar surface area (TPSA) is 205 Å². The quantitative estimate of drug-likeness (QED) is 0.109. The fraction of sp³-hybridized carbons (Fsp3) is 0.433. The molecule has 4 heterocycles. The lowest BCUT2D eigenvalue weighted by atomic mass is 10.0. The largest absolute Gasteiger partial charge is 0.359 e. The lowest BCUT2D eigenvalue weighted by Crippen LogP contribution is -2.54. The molecule has 2 aromatic heterocycles. The van der Waals surface area contributed by atoms with Crippen LogP contribution in [-0.2, 0) is 38.9 Å². The molecular formula is C30H34N6O9S. The Labute approximate surface area is 264 Å². The number of carbonyl (C=O) groups is 5. The molecule has 3 N–H and O–H groups in total. The van der Waals surface area contributed by atoms with Crippen LogP contribution in [0.4, 0.5) is 5.69 Å². The van der Waals surface area contributed by atoms with Gasteiger partial charge in [0, 0.05) is 61.2 Å². The molecule has 4 amide bonds. The lowest BCUT2D eigenvalue weighted by molar-refractivity contribution is -0.197. The van der Waals surface area contributed by atoms with Gasteiger partial charge in [-0.3, -0.25) is 33.7 Å². The number of pyridine rings is 2. The van der Waals surface area contributed by atoms with Crippen LogP contribution >= 0.6 is 0 Å². The number of imide groups is 1. The molecule has 0 radical (unpaired) electrons. The zero-order valence-electron chi connectivity index (χ0n) is 25.1. The van der Waals surface area contributed by atoms with E-state index in [2.05, 4.69) is 20.6 Å². The van der Waals surface area contributed by atoms with Crippen molar-refractivity contribution in [1.29, 1.82) is 0 Å². The van der Waals surface area contributed by atoms with Crippen LogP contribution in [-0.4, -0.2) is 88.5 Å². The molecule has 0 saturated carbocycles. The summed E-state index contributed by atoms with van der Waals surface area (Å²) in [4.78, 5) is 77.5. The van der Waals surface area contributed by atoms with Gasteiger partial charge in [0.15, 0.2) is 0 Å². The molecule has 2 saturated heterocycles. The second-order valence-electron chi connectivity index (χ2n) is 11.3. The molecule has 2 aliphatic rings. The van der Waals surface area contributed by atoms with Crippen molar-refractivity contribution in [2.45, 2.75) is 64.0 Å². The number of hydrogen-bond donors (Lipinski definition) is 3. The molecule has 46 heavy (non-hydrogen) atoms. The number of amides is 4. The highest BCUT2D eigenvalue weighted by Crippen LogP contribution is 2.36. The number of hydroxylamine groups is 2. The molecule has 2 fully saturated rings. The van der Waals surface area contributed by atoms with Gasteiger partial charge >= 0.3 is 5.97 Å². The van der Waals surface area contributed by atoms with E-state index in [1.807, 2.05) is 30.0 Å². The van der Waals surface area contributed by atoms with Crippen LogP contribution in [0, 0.1) is 6.92 Å². The summed E-state index contributed by atoms with van der Waals surface area (Å²) in [5, 5.41) is 7.17. The first-order valence-electron chi connectivity index (χ1n) is 14.9. The Bertz CT molecular complexity index is 1800. The summed E-state index contributed by atoms with van der Waals surface area (Å²) in [5.41, 5.74) is 3.16. The molecule has 1 aromatic carbocycles. The van der Waals surface area contributed by atoms with Crippen molar-refractivity contribution in [3.63, 3.8) is 0 Å². The predicted octanol–water partition coefficient (Wildman–Crippen LogP) is 1.33. The van der Waals surface area contributed by atoms with Gasteiger partial charge in [-0.25, -0.2) is 4.79 Å². The maximum Gasteiger partial charge on any atom is 0.333 e. The number of nitrogens with one attached hydrogen (secondary N) is 2. The van der Waals surface area contributed by atoms with E-state index in [-0.39, 0.29) is 38.6 Å². The molecule has 2 aliphatic heterocycles. The van der Waals surface area contributed by atoms with Crippen LogP contribution in [0.2, 0.25) is 0 Å². The third-order valence-corrected chi connectivity index (χ3v) is 8.73. The number of nitrogens with zero attached hydrogens (tertiary/aromatic N) is 4. The number of fused-ring (bicyclic) bond motifs is 3. The van der Waals surface area contributed by atoms with Crippen LogP contribution in [0.3, 0.4) is 0 Å². The van der Waals surface area contributed by atoms with Crippen molar-refractivity contribution >= 4 is 67.2 Å². The third kappa shape index (κ3) is 7.39. The van der Waals surface area contributed by atoms with Crippen LogP contribution in [0.1, 0.15) is 50.5 Å². The second-order valence-corrected chi connectivity index (χ2v) is 12.8. The fourth-order valence-corrected chi connectivity index (χ4v) is 6.37. The minimum absolute atomic E-state index is 0.0184. The first kappa shape index (κ1) is 32.7. The molecule has 244 valence electrons. The van der Waals surface area contributed by atoms with Gasteiger partial charge in [-0.05, 0) is 62.4 Å². The van der Waals surface area contributed by atoms with Gasteiger partial charge in [0.2, 0.25) is 11.8 Å². The standard InChI is InChI=1S/C30H34N6O9S/c1-18-11-14-32-28-20(18)16-23(19-6-4-13-31-27(19)28)35-15-5-7-22(35)30(41)34-21(17-46(42,43)44)29(40)33-12-3-2-8-26(39)45-36-24(37)9-10-25(36)38/h4,6,11,13-14,16,21-22H,2-3,5,7-10,12,15,17H2,1H3,(H,33,40)(H,34,41)(H,42,43,44). The molecule has 0 aliphatic carbocycles. The minimum Gasteiger partial charge on any atom is -0.359 e. The molecule has 16 heteroatoms. The Hall–Kier alpha value is -4.70. The van der Waals surface area contributed by atoms with E-state index in [1.165, 1.54) is 0 Å². The highest BCUT2D eigenvalue weighted by atomic mass is 32.2. The van der Waals surface area contributed by atoms with E-state index in [0.29, 0.717) is 30.0 Å². The molecule has 2 unspecified atom stereocenters. The Morgan fingerprint density at radius 2 is 1.78 bits per heavy atom. The summed E-state index contributed by atoms with van der Waals surface area (Å²) < 4.78 is 33.1. The molecule has 2 atom stereocenters. The molecule has 3 aromatic rings. The molecule has 15 nitrogen and oxygen atoms in total. The number of aryl methyl sites for hydroxylation is 1. The summed E-state index contributed by atoms with van der Waals surface area (Å²) in [6.45, 7) is 2.51. The Morgan fingerprint density at radius 1 is 1.07 bits per heavy atom. The van der Waals surface area contributed by atoms with Crippen LogP contribution in [0.25, 0.3) is 21.8 Å². The summed E-state index contributed by atoms with van der Waals surface area (Å²) in [6.07, 6.45) is 4.82. The Morgan fingerprint density at radius 3 is 2.52 bits per heavy atom. The van der Waals surface area contributed by atoms with Gasteiger partial charge in [0.25, 0.3) is 21.9 Å². The summed E-state index contributed by atoms with van der Waals surface area (Å²) in [6, 6.07) is 5.24. The fourth-order valence-electron chi connectivity index (χ4n) is 5.72. The average molecular weight is 655 g/mol. The Balaban J connectivity index is 1.23. The van der Waals surface area contributed by atoms with E-state index in [4.69, 9.17) is 4.84 Å². The van der Waals surface area contributed by atoms with Crippen molar-refractivity contribution < 1.29 is 41.8 Å². The molecule has 0 spiro atoms. The zero-order chi connectivity index (χ0) is 33.0. The summed E-state index contributed by atoms with van der Waals surface area (Å²) in [7, 11) is -4.65. The van der Waals surface area contributed by atoms with E-state index in [0.717, 1.165) is 27.5 Å². The SMILES string of the molecule is Cc1ccnc2c1cc(N1CCCC1C(=O)NC(CS(=O)(=O)O)C(=O)NCCCCC(=O)ON1C(=O)CCC1=O)c1cccnc12. The number of rotatable bonds is 12. The zero-order valence-corrected chi connectivity index (χ0v) is 25.9. The number of aromatic nitrogens is 2. The van der Waals surface area contributed by atoms with Gasteiger partial charge in [-0.2, -0.15) is 8.42 Å². The monoisotopic (exact) mass is 654 g/mol. The number of benzene rings is 1. The lowest BCUT2D eigenvalue weighted by Gasteiger charge is -2.29. The number of unbranched alkanes of at least 4 members (excludes halogenated alkanes) is 1. The van der Waals surface area contributed by atoms with Gasteiger partial charge in [0.05, 0.1) is 11.0 Å². The van der Waals surface area contributed by atoms with Crippen molar-refractivity contribution in [1.82, 2.24) is 25.7 Å². The van der Waals surface area contributed by atoms with Crippen molar-refractivity contribution in [3.05, 3.63) is 42.2 Å². The van der Waals surface area contributed by atoms with E-state index >= 15 is 0 Å². The average Bonchev–Trinajstić information content (AvgIpc) is 3.62. The van der Waals surface area contributed by atoms with Crippen LogP contribution in [0.15, 0.2) is 36.7 Å². The highest BCUT2D eigenvalue weighted by molar-refractivity contribution is 7.85. The van der Waals surface area contributed by atoms with Crippen LogP contribution in [0.5, 0.6) is 0 Å². The van der Waals surface area contributed by atoms with Gasteiger partial charge in [0.1, 0.15) is 17.8 Å². The third-order valence-electron chi connectivity index (χ3n) is 7.98. The summed E-state index contributed by atoms with van der Waals surface area (Å²) in [5.74, 6) is -4.39. The van der Waals surface area contributed by atoms with Crippen molar-refractivity contribution in [2.75, 3.05) is 23.7 Å². The summed E-state index contributed by atoms with van der Waals surface area (Å²) >= 11 is 0. The second kappa shape index (κ2) is 13.7. The van der Waals surface area contributed by atoms with E-state index < -0.39 is 57.6 Å². The van der Waals surface area contributed by atoms with Gasteiger partial charge in [-0.1, -0.05) is 0 Å². The first-order valence-corrected chi connectivity index (χ1v) is 16.5. The van der Waals surface area contributed by atoms with Gasteiger partial charge in [-0.15, -0.1) is 5.06 Å². The van der Waals surface area contributed by atoms with Crippen molar-refractivity contribution in [3.8, 4) is 0 Å². The van der Waals surface area contributed by atoms with Gasteiger partial charge < -0.3 is 20.4 Å². The molecule has 0 bridgehead atoms. The van der Waals surface area contributed by atoms with E-state index in [1.54, 1.807) is 18.5 Å². The maximum absolute atomic E-state index is 13.6. The maximum atomic E-state index is 13.6. The number of anilines is 1. The first-order chi connectivity index (χ1) is 21.9. The van der Waals surface area contributed by atoms with Crippen molar-refractivity contribution in [2.24, 2.45) is 0 Å². The smallest absolute Gasteiger partial charge is 0.333 e. The van der Waals surface area contributed by atoms with Crippen LogP contribution < -0.4 is 15.5 Å². The van der Waals surface area contributed by atoms with E-state index in [9.17, 15) is 36.9 Å². The number of carbonyl (C=O) groups excluding carboxylic acids is 5. The minimum atomic E-state index is -4.65. The molecule has 5 rings (SSSR count). The number of hydrogen-bond acceptors (Lipinski definition) is 11. The predicted molar refractivity (Wildman–Crippen MR) is 165 cm³/mol.